The highest BCUT2D eigenvalue weighted by atomic mass is 16.5. The van der Waals surface area contributed by atoms with Crippen molar-refractivity contribution in [2.45, 2.75) is 213 Å². The van der Waals surface area contributed by atoms with E-state index in [1.807, 2.05) is 45.2 Å². The van der Waals surface area contributed by atoms with Crippen molar-refractivity contribution in [3.05, 3.63) is 30.0 Å². The molecule has 7 heteroatoms. The molecule has 0 aliphatic carbocycles. The zero-order valence-corrected chi connectivity index (χ0v) is 35.2. The third-order valence-corrected chi connectivity index (χ3v) is 10.2. The van der Waals surface area contributed by atoms with Gasteiger partial charge in [-0.05, 0) is 57.7 Å². The quantitative estimate of drug-likeness (QED) is 0.0611. The molecule has 0 aliphatic heterocycles. The maximum absolute atomic E-state index is 13.1. The number of nitrogens with two attached hydrogens (primary N) is 1. The van der Waals surface area contributed by atoms with Gasteiger partial charge in [-0.25, -0.2) is 0 Å². The predicted molar refractivity (Wildman–Crippen MR) is 226 cm³/mol. The van der Waals surface area contributed by atoms with Gasteiger partial charge in [-0.15, -0.1) is 0 Å². The van der Waals surface area contributed by atoms with Gasteiger partial charge in [0.15, 0.2) is 0 Å². The Kier molecular flexibility index (Phi) is 26.8. The van der Waals surface area contributed by atoms with E-state index < -0.39 is 6.04 Å². The lowest BCUT2D eigenvalue weighted by Crippen LogP contribution is -2.45. The first kappa shape index (κ1) is 47.1. The van der Waals surface area contributed by atoms with Gasteiger partial charge in [0.1, 0.15) is 11.4 Å². The minimum atomic E-state index is -0.654. The van der Waals surface area contributed by atoms with Crippen molar-refractivity contribution in [1.82, 2.24) is 10.3 Å². The molecule has 53 heavy (non-hydrogen) atoms. The zero-order chi connectivity index (χ0) is 38.4. The topological polar surface area (TPSA) is 98.6 Å². The van der Waals surface area contributed by atoms with Crippen LogP contribution < -0.4 is 15.8 Å². The number of unbranched alkanes of at least 4 members (excludes halogenated alkanes) is 22. The van der Waals surface area contributed by atoms with E-state index in [1.54, 1.807) is 0 Å². The normalized spacial score (nSPS) is 13.1. The van der Waals surface area contributed by atoms with E-state index in [2.05, 4.69) is 24.1 Å². The van der Waals surface area contributed by atoms with Gasteiger partial charge in [-0.3, -0.25) is 4.79 Å². The van der Waals surface area contributed by atoms with Crippen molar-refractivity contribution in [3.63, 3.8) is 0 Å². The molecule has 1 amide bonds. The number of carbonyl (C=O) groups is 1. The Hall–Kier alpha value is -2.09. The molecule has 0 radical (unpaired) electrons. The third-order valence-electron chi connectivity index (χ3n) is 10.2. The monoisotopic (exact) mass is 742 g/mol. The van der Waals surface area contributed by atoms with Gasteiger partial charge < -0.3 is 30.2 Å². The second kappa shape index (κ2) is 30.2. The smallest absolute Gasteiger partial charge is 0.237 e. The minimum absolute atomic E-state index is 0.160. The molecule has 2 atom stereocenters. The van der Waals surface area contributed by atoms with Crippen molar-refractivity contribution >= 4 is 16.8 Å². The van der Waals surface area contributed by atoms with Crippen LogP contribution in [0.15, 0.2) is 24.4 Å². The first-order valence-corrected chi connectivity index (χ1v) is 22.2. The number of benzene rings is 1. The van der Waals surface area contributed by atoms with Crippen molar-refractivity contribution < 1.29 is 19.0 Å². The molecule has 0 saturated heterocycles. The summed E-state index contributed by atoms with van der Waals surface area (Å²) in [5.74, 6) is 0.656. The fraction of sp³-hybridized carbons (Fsp3) is 0.804. The lowest BCUT2D eigenvalue weighted by Gasteiger charge is -2.21. The molecule has 1 aromatic carbocycles. The van der Waals surface area contributed by atoms with Gasteiger partial charge >= 0.3 is 0 Å². The van der Waals surface area contributed by atoms with Crippen LogP contribution in [0.25, 0.3) is 10.9 Å². The largest absolute Gasteiger partial charge is 0.488 e. The first-order valence-electron chi connectivity index (χ1n) is 22.2. The number of rotatable bonds is 35. The summed E-state index contributed by atoms with van der Waals surface area (Å²) >= 11 is 0. The molecule has 0 fully saturated rings. The van der Waals surface area contributed by atoms with Crippen LogP contribution in [0.4, 0.5) is 0 Å². The summed E-state index contributed by atoms with van der Waals surface area (Å²) in [6.45, 7) is 13.0. The van der Waals surface area contributed by atoms with Crippen LogP contribution in [0.2, 0.25) is 0 Å². The van der Waals surface area contributed by atoms with Gasteiger partial charge in [-0.2, -0.15) is 0 Å². The average molecular weight is 742 g/mol. The van der Waals surface area contributed by atoms with Gasteiger partial charge in [0.2, 0.25) is 5.91 Å². The molecule has 0 aliphatic rings. The number of nitrogens with one attached hydrogen (secondary N) is 2. The van der Waals surface area contributed by atoms with Crippen LogP contribution in [0.3, 0.4) is 0 Å². The Morgan fingerprint density at radius 1 is 0.717 bits per heavy atom. The SMILES string of the molecule is CCCCCCCCCCCCCCOCC(CNC(=O)[C@@H](N)Cc1c[nH]c2cc(OC(C)(C)C)ccc12)OCCCCCCCCCCCCCC. The number of hydrogen-bond acceptors (Lipinski definition) is 5. The highest BCUT2D eigenvalue weighted by molar-refractivity contribution is 5.87. The molecule has 0 saturated carbocycles. The van der Waals surface area contributed by atoms with E-state index in [0.717, 1.165) is 41.7 Å². The van der Waals surface area contributed by atoms with E-state index in [1.165, 1.54) is 141 Å². The van der Waals surface area contributed by atoms with E-state index in [9.17, 15) is 4.79 Å². The number of aromatic nitrogens is 1. The number of carbonyl (C=O) groups excluding carboxylic acids is 1. The first-order chi connectivity index (χ1) is 25.7. The van der Waals surface area contributed by atoms with Crippen LogP contribution >= 0.6 is 0 Å². The maximum Gasteiger partial charge on any atom is 0.237 e. The molecule has 1 aromatic heterocycles. The molecule has 0 bridgehead atoms. The number of amides is 1. The van der Waals surface area contributed by atoms with Gasteiger partial charge in [-0.1, -0.05) is 155 Å². The molecule has 7 nitrogen and oxygen atoms in total. The molecule has 1 heterocycles. The van der Waals surface area contributed by atoms with Gasteiger partial charge in [0, 0.05) is 42.9 Å². The molecule has 2 rings (SSSR count). The second-order valence-electron chi connectivity index (χ2n) is 16.6. The van der Waals surface area contributed by atoms with Crippen molar-refractivity contribution in [2.75, 3.05) is 26.4 Å². The van der Waals surface area contributed by atoms with Crippen LogP contribution in [0.1, 0.15) is 194 Å². The van der Waals surface area contributed by atoms with Crippen LogP contribution in [0, 0.1) is 0 Å². The van der Waals surface area contributed by atoms with Gasteiger partial charge in [0.25, 0.3) is 0 Å². The number of aromatic amines is 1. The summed E-state index contributed by atoms with van der Waals surface area (Å²) in [7, 11) is 0. The van der Waals surface area contributed by atoms with Crippen molar-refractivity contribution in [2.24, 2.45) is 5.73 Å². The molecule has 1 unspecified atom stereocenters. The molecular formula is C46H83N3O4. The van der Waals surface area contributed by atoms with E-state index in [-0.39, 0.29) is 17.6 Å². The highest BCUT2D eigenvalue weighted by Crippen LogP contribution is 2.26. The fourth-order valence-corrected chi connectivity index (χ4v) is 7.05. The van der Waals surface area contributed by atoms with Crippen molar-refractivity contribution in [1.29, 1.82) is 0 Å². The number of H-pyrrole nitrogens is 1. The Bertz CT molecular complexity index is 1160. The van der Waals surface area contributed by atoms with Crippen LogP contribution in [-0.4, -0.2) is 55.0 Å². The van der Waals surface area contributed by atoms with Gasteiger partial charge in [0.05, 0.1) is 18.8 Å². The summed E-state index contributed by atoms with van der Waals surface area (Å²) in [5, 5.41) is 4.13. The molecule has 4 N–H and O–H groups in total. The Balaban J connectivity index is 1.71. The minimum Gasteiger partial charge on any atom is -0.488 e. The maximum atomic E-state index is 13.1. The molecule has 0 spiro atoms. The average Bonchev–Trinajstić information content (AvgIpc) is 3.52. The summed E-state index contributed by atoms with van der Waals surface area (Å²) in [4.78, 5) is 16.5. The Labute approximate surface area is 326 Å². The third kappa shape index (κ3) is 24.1. The Morgan fingerprint density at radius 3 is 1.72 bits per heavy atom. The predicted octanol–water partition coefficient (Wildman–Crippen LogP) is 12.1. The number of ether oxygens (including phenoxy) is 3. The summed E-state index contributed by atoms with van der Waals surface area (Å²) in [5.41, 5.74) is 8.17. The standard InChI is InChI=1S/C46H83N3O4/c1-6-8-10-12-14-16-18-20-22-24-26-28-32-51-38-41(52-33-29-27-25-23-21-19-17-15-13-11-9-7-2)37-49-45(50)43(47)34-39-36-48-44-35-40(30-31-42(39)44)53-46(3,4)5/h30-31,35-36,41,43,48H,6-29,32-34,37-38,47H2,1-5H3,(H,49,50)/t41?,43-/m0/s1. The Morgan fingerprint density at radius 2 is 1.21 bits per heavy atom. The van der Waals surface area contributed by atoms with Crippen LogP contribution in [-0.2, 0) is 20.7 Å². The summed E-state index contributed by atoms with van der Waals surface area (Å²) in [6.07, 6.45) is 34.0. The number of hydrogen-bond donors (Lipinski definition) is 3. The van der Waals surface area contributed by atoms with E-state index >= 15 is 0 Å². The molecular weight excluding hydrogens is 659 g/mol. The second-order valence-corrected chi connectivity index (χ2v) is 16.6. The number of fused-ring (bicyclic) bond motifs is 1. The van der Waals surface area contributed by atoms with Crippen LogP contribution in [0.5, 0.6) is 5.75 Å². The molecule has 2 aromatic rings. The fourth-order valence-electron chi connectivity index (χ4n) is 7.05. The summed E-state index contributed by atoms with van der Waals surface area (Å²) in [6, 6.07) is 5.37. The van der Waals surface area contributed by atoms with E-state index in [0.29, 0.717) is 26.2 Å². The highest BCUT2D eigenvalue weighted by Gasteiger charge is 2.19. The zero-order valence-electron chi connectivity index (χ0n) is 35.2. The molecule has 306 valence electrons. The van der Waals surface area contributed by atoms with Crippen molar-refractivity contribution in [3.8, 4) is 5.75 Å². The lowest BCUT2D eigenvalue weighted by atomic mass is 10.0. The van der Waals surface area contributed by atoms with E-state index in [4.69, 9.17) is 19.9 Å². The summed E-state index contributed by atoms with van der Waals surface area (Å²) < 4.78 is 18.4. The lowest BCUT2D eigenvalue weighted by molar-refractivity contribution is -0.123.